The van der Waals surface area contributed by atoms with Gasteiger partial charge in [-0.25, -0.2) is 0 Å². The molecule has 5 heteroatoms. The maximum absolute atomic E-state index is 12.2. The molecule has 1 unspecified atom stereocenters. The minimum absolute atomic E-state index is 0.109. The number of nitrogens with zero attached hydrogens (tertiary/aromatic N) is 1. The zero-order chi connectivity index (χ0) is 14.5. The van der Waals surface area contributed by atoms with Crippen molar-refractivity contribution in [3.63, 3.8) is 0 Å². The van der Waals surface area contributed by atoms with Gasteiger partial charge >= 0.3 is 0 Å². The van der Waals surface area contributed by atoms with E-state index in [0.717, 1.165) is 19.6 Å². The van der Waals surface area contributed by atoms with Crippen LogP contribution in [0.25, 0.3) is 0 Å². The van der Waals surface area contributed by atoms with Crippen molar-refractivity contribution in [2.24, 2.45) is 0 Å². The fraction of sp³-hybridized carbons (Fsp3) is 0.533. The van der Waals surface area contributed by atoms with Gasteiger partial charge in [0, 0.05) is 29.9 Å². The van der Waals surface area contributed by atoms with Crippen LogP contribution in [0.4, 0.5) is 5.69 Å². The molecule has 0 saturated carbocycles. The summed E-state index contributed by atoms with van der Waals surface area (Å²) in [5, 5.41) is 3.01. The molecular weight excluding hydrogens is 254 g/mol. The molecule has 1 fully saturated rings. The van der Waals surface area contributed by atoms with Crippen LogP contribution in [0.1, 0.15) is 30.1 Å². The molecule has 20 heavy (non-hydrogen) atoms. The molecule has 2 rings (SSSR count). The number of carbonyl (C=O) groups excluding carboxylic acids is 1. The van der Waals surface area contributed by atoms with E-state index in [1.165, 1.54) is 12.8 Å². The van der Waals surface area contributed by atoms with Crippen molar-refractivity contribution >= 4 is 11.6 Å². The third-order valence-corrected chi connectivity index (χ3v) is 3.53. The molecule has 1 aromatic rings. The van der Waals surface area contributed by atoms with Crippen LogP contribution >= 0.6 is 0 Å². The first-order valence-electron chi connectivity index (χ1n) is 7.06. The smallest absolute Gasteiger partial charge is 0.251 e. The summed E-state index contributed by atoms with van der Waals surface area (Å²) >= 11 is 0. The number of rotatable bonds is 5. The number of anilines is 1. The molecule has 1 amide bonds. The Hall–Kier alpha value is -1.75. The van der Waals surface area contributed by atoms with Crippen molar-refractivity contribution in [1.82, 2.24) is 10.2 Å². The number of ether oxygens (including phenoxy) is 1. The van der Waals surface area contributed by atoms with Crippen LogP contribution in [0.3, 0.4) is 0 Å². The number of hydrogen-bond donors (Lipinski definition) is 2. The van der Waals surface area contributed by atoms with Crippen LogP contribution in [-0.2, 0) is 0 Å². The van der Waals surface area contributed by atoms with Crippen molar-refractivity contribution in [1.29, 1.82) is 0 Å². The summed E-state index contributed by atoms with van der Waals surface area (Å²) < 4.78 is 5.13. The van der Waals surface area contributed by atoms with Gasteiger partial charge in [0.1, 0.15) is 5.75 Å². The Morgan fingerprint density at radius 3 is 2.75 bits per heavy atom. The lowest BCUT2D eigenvalue weighted by Crippen LogP contribution is -2.41. The number of hydrogen-bond acceptors (Lipinski definition) is 4. The minimum Gasteiger partial charge on any atom is -0.497 e. The molecule has 0 aliphatic carbocycles. The predicted molar refractivity (Wildman–Crippen MR) is 80.0 cm³/mol. The van der Waals surface area contributed by atoms with Crippen molar-refractivity contribution < 1.29 is 9.53 Å². The molecule has 1 aliphatic rings. The second-order valence-electron chi connectivity index (χ2n) is 5.38. The monoisotopic (exact) mass is 277 g/mol. The summed E-state index contributed by atoms with van der Waals surface area (Å²) in [6.07, 6.45) is 2.51. The van der Waals surface area contributed by atoms with Gasteiger partial charge in [-0.15, -0.1) is 0 Å². The molecular formula is C15H23N3O2. The molecule has 1 saturated heterocycles. The van der Waals surface area contributed by atoms with E-state index < -0.39 is 0 Å². The highest BCUT2D eigenvalue weighted by Crippen LogP contribution is 2.18. The Labute approximate surface area is 120 Å². The number of likely N-dealkylation sites (tertiary alicyclic amines) is 1. The fourth-order valence-corrected chi connectivity index (χ4v) is 2.58. The lowest BCUT2D eigenvalue weighted by molar-refractivity contribution is 0.0931. The number of benzene rings is 1. The quantitative estimate of drug-likeness (QED) is 0.800. The number of nitrogens with one attached hydrogen (secondary N) is 1. The molecule has 0 spiro atoms. The Morgan fingerprint density at radius 2 is 2.10 bits per heavy atom. The first kappa shape index (κ1) is 14.7. The second kappa shape index (κ2) is 6.61. The predicted octanol–water partition coefficient (Wildman–Crippen LogP) is 1.49. The first-order valence-corrected chi connectivity index (χ1v) is 7.06. The van der Waals surface area contributed by atoms with Crippen molar-refractivity contribution in [3.05, 3.63) is 23.8 Å². The van der Waals surface area contributed by atoms with Crippen molar-refractivity contribution in [3.8, 4) is 5.75 Å². The molecule has 0 aromatic heterocycles. The summed E-state index contributed by atoms with van der Waals surface area (Å²) in [6.45, 7) is 5.18. The van der Waals surface area contributed by atoms with Crippen molar-refractivity contribution in [2.45, 2.75) is 25.8 Å². The van der Waals surface area contributed by atoms with E-state index >= 15 is 0 Å². The summed E-state index contributed by atoms with van der Waals surface area (Å²) in [7, 11) is 1.56. The number of nitrogen functional groups attached to an aromatic ring is 1. The SMILES string of the molecule is COc1cc(N)cc(C(=O)NC(C)CN2CCCC2)c1. The Bertz CT molecular complexity index is 470. The summed E-state index contributed by atoms with van der Waals surface area (Å²) in [5.41, 5.74) is 6.83. The number of amides is 1. The van der Waals surface area contributed by atoms with Crippen molar-refractivity contribution in [2.75, 3.05) is 32.5 Å². The third-order valence-electron chi connectivity index (χ3n) is 3.53. The molecule has 1 heterocycles. The minimum atomic E-state index is -0.109. The fourth-order valence-electron chi connectivity index (χ4n) is 2.58. The van der Waals surface area contributed by atoms with E-state index in [4.69, 9.17) is 10.5 Å². The Balaban J connectivity index is 1.94. The maximum Gasteiger partial charge on any atom is 0.251 e. The van der Waals surface area contributed by atoms with E-state index in [2.05, 4.69) is 10.2 Å². The molecule has 110 valence electrons. The van der Waals surface area contributed by atoms with Gasteiger partial charge in [0.15, 0.2) is 0 Å². The molecule has 5 nitrogen and oxygen atoms in total. The van der Waals surface area contributed by atoms with E-state index in [9.17, 15) is 4.79 Å². The van der Waals surface area contributed by atoms with Crippen LogP contribution in [-0.4, -0.2) is 43.6 Å². The Kier molecular flexibility index (Phi) is 4.84. The van der Waals surface area contributed by atoms with E-state index in [0.29, 0.717) is 17.0 Å². The van der Waals surface area contributed by atoms with Crippen LogP contribution in [0.2, 0.25) is 0 Å². The van der Waals surface area contributed by atoms with Gasteiger partial charge in [0.05, 0.1) is 7.11 Å². The highest BCUT2D eigenvalue weighted by Gasteiger charge is 2.17. The zero-order valence-electron chi connectivity index (χ0n) is 12.2. The number of carbonyl (C=O) groups is 1. The molecule has 0 bridgehead atoms. The van der Waals surface area contributed by atoms with E-state index in [1.54, 1.807) is 25.3 Å². The van der Waals surface area contributed by atoms with Gasteiger partial charge in [-0.05, 0) is 45.0 Å². The number of nitrogens with two attached hydrogens (primary N) is 1. The zero-order valence-corrected chi connectivity index (χ0v) is 12.2. The molecule has 1 aromatic carbocycles. The maximum atomic E-state index is 12.2. The lowest BCUT2D eigenvalue weighted by Gasteiger charge is -2.21. The van der Waals surface area contributed by atoms with Gasteiger partial charge in [-0.1, -0.05) is 0 Å². The van der Waals surface area contributed by atoms with Gasteiger partial charge in [-0.2, -0.15) is 0 Å². The lowest BCUT2D eigenvalue weighted by atomic mass is 10.1. The van der Waals surface area contributed by atoms with Crippen LogP contribution in [0, 0.1) is 0 Å². The van der Waals surface area contributed by atoms with Crippen LogP contribution in [0.5, 0.6) is 5.75 Å². The Morgan fingerprint density at radius 1 is 1.40 bits per heavy atom. The average Bonchev–Trinajstić information content (AvgIpc) is 2.90. The number of methoxy groups -OCH3 is 1. The van der Waals surface area contributed by atoms with E-state index in [1.807, 2.05) is 6.92 Å². The average molecular weight is 277 g/mol. The largest absolute Gasteiger partial charge is 0.497 e. The van der Waals surface area contributed by atoms with E-state index in [-0.39, 0.29) is 11.9 Å². The summed E-state index contributed by atoms with van der Waals surface area (Å²) in [4.78, 5) is 14.6. The molecule has 0 radical (unpaired) electrons. The normalized spacial score (nSPS) is 16.9. The third kappa shape index (κ3) is 3.87. The second-order valence-corrected chi connectivity index (χ2v) is 5.38. The van der Waals surface area contributed by atoms with Gasteiger partial charge in [-0.3, -0.25) is 4.79 Å². The standard InChI is InChI=1S/C15H23N3O2/c1-11(10-18-5-3-4-6-18)17-15(19)12-7-13(16)9-14(8-12)20-2/h7-9,11H,3-6,10,16H2,1-2H3,(H,17,19). The highest BCUT2D eigenvalue weighted by molar-refractivity contribution is 5.95. The van der Waals surface area contributed by atoms with Gasteiger partial charge in [0.2, 0.25) is 0 Å². The van der Waals surface area contributed by atoms with Crippen LogP contribution in [0.15, 0.2) is 18.2 Å². The first-order chi connectivity index (χ1) is 9.58. The summed E-state index contributed by atoms with van der Waals surface area (Å²) in [5.74, 6) is 0.490. The highest BCUT2D eigenvalue weighted by atomic mass is 16.5. The molecule has 1 aliphatic heterocycles. The van der Waals surface area contributed by atoms with Gasteiger partial charge < -0.3 is 20.7 Å². The van der Waals surface area contributed by atoms with Gasteiger partial charge in [0.25, 0.3) is 5.91 Å². The topological polar surface area (TPSA) is 67.6 Å². The summed E-state index contributed by atoms with van der Waals surface area (Å²) in [6, 6.07) is 5.19. The van der Waals surface area contributed by atoms with Crippen LogP contribution < -0.4 is 15.8 Å². The molecule has 1 atom stereocenters. The molecule has 3 N–H and O–H groups in total.